The van der Waals surface area contributed by atoms with Crippen molar-refractivity contribution < 1.29 is 0 Å². The first kappa shape index (κ1) is 18.9. The molecule has 1 fully saturated rings. The number of rotatable bonds is 8. The second kappa shape index (κ2) is 9.77. The molecule has 0 bridgehead atoms. The van der Waals surface area contributed by atoms with Gasteiger partial charge in [-0.3, -0.25) is 9.79 Å². The Hall–Kier alpha value is -1.43. The number of nitrogens with one attached hydrogen (secondary N) is 2. The Morgan fingerprint density at radius 2 is 2.25 bits per heavy atom. The van der Waals surface area contributed by atoms with E-state index in [9.17, 15) is 4.79 Å². The molecule has 0 radical (unpaired) electrons. The molecule has 2 N–H and O–H groups in total. The van der Waals surface area contributed by atoms with E-state index in [2.05, 4.69) is 24.5 Å². The van der Waals surface area contributed by atoms with Gasteiger partial charge in [0.2, 0.25) is 5.56 Å². The Bertz CT molecular complexity index is 578. The molecule has 1 aromatic rings. The summed E-state index contributed by atoms with van der Waals surface area (Å²) in [6, 6.07) is 5.29. The van der Waals surface area contributed by atoms with Crippen molar-refractivity contribution in [2.24, 2.45) is 4.99 Å². The van der Waals surface area contributed by atoms with E-state index in [1.165, 1.54) is 18.6 Å². The lowest BCUT2D eigenvalue weighted by Crippen LogP contribution is -2.39. The van der Waals surface area contributed by atoms with Crippen LogP contribution in [0.5, 0.6) is 0 Å². The minimum absolute atomic E-state index is 0.0719. The van der Waals surface area contributed by atoms with Crippen molar-refractivity contribution in [3.63, 3.8) is 0 Å². The van der Waals surface area contributed by atoms with Crippen molar-refractivity contribution in [3.8, 4) is 0 Å². The number of pyridine rings is 1. The zero-order valence-electron chi connectivity index (χ0n) is 14.9. The van der Waals surface area contributed by atoms with Gasteiger partial charge >= 0.3 is 0 Å². The Kier molecular flexibility index (Phi) is 7.69. The molecule has 0 aliphatic carbocycles. The lowest BCUT2D eigenvalue weighted by molar-refractivity contribution is 0.583. The van der Waals surface area contributed by atoms with Crippen LogP contribution in [0, 0.1) is 0 Å². The smallest absolute Gasteiger partial charge is 0.250 e. The zero-order valence-corrected chi connectivity index (χ0v) is 15.7. The van der Waals surface area contributed by atoms with Gasteiger partial charge in [0.25, 0.3) is 0 Å². The minimum Gasteiger partial charge on any atom is -0.357 e. The number of hydrogen-bond acceptors (Lipinski definition) is 3. The highest BCUT2D eigenvalue weighted by atomic mass is 32.2. The lowest BCUT2D eigenvalue weighted by Gasteiger charge is -2.21. The van der Waals surface area contributed by atoms with Crippen LogP contribution in [0.15, 0.2) is 34.2 Å². The molecule has 24 heavy (non-hydrogen) atoms. The molecule has 0 amide bonds. The topological polar surface area (TPSA) is 58.4 Å². The van der Waals surface area contributed by atoms with E-state index in [0.29, 0.717) is 4.75 Å². The molecule has 5 nitrogen and oxygen atoms in total. The highest BCUT2D eigenvalue weighted by Gasteiger charge is 2.29. The summed E-state index contributed by atoms with van der Waals surface area (Å²) in [6.45, 7) is 7.78. The van der Waals surface area contributed by atoms with Crippen molar-refractivity contribution in [1.29, 1.82) is 0 Å². The fraction of sp³-hybridized carbons (Fsp3) is 0.667. The van der Waals surface area contributed by atoms with Gasteiger partial charge in [-0.1, -0.05) is 6.07 Å². The van der Waals surface area contributed by atoms with Crippen molar-refractivity contribution in [2.45, 2.75) is 50.8 Å². The molecule has 1 atom stereocenters. The molecule has 6 heteroatoms. The SMILES string of the molecule is CCNC(=NCC1(C)CCCS1)NCCCCn1ccccc1=O. The van der Waals surface area contributed by atoms with Crippen LogP contribution >= 0.6 is 11.8 Å². The minimum atomic E-state index is 0.0719. The molecule has 0 aromatic carbocycles. The van der Waals surface area contributed by atoms with Crippen LogP contribution in [-0.4, -0.2) is 40.7 Å². The molecular formula is C18H30N4OS. The zero-order chi connectivity index (χ0) is 17.3. The fourth-order valence-electron chi connectivity index (χ4n) is 2.81. The van der Waals surface area contributed by atoms with Gasteiger partial charge in [0, 0.05) is 36.6 Å². The molecule has 0 spiro atoms. The molecule has 2 heterocycles. The van der Waals surface area contributed by atoms with Crippen molar-refractivity contribution in [1.82, 2.24) is 15.2 Å². The Balaban J connectivity index is 1.71. The summed E-state index contributed by atoms with van der Waals surface area (Å²) in [4.78, 5) is 16.4. The molecule has 0 saturated carbocycles. The molecule has 1 aliphatic rings. The van der Waals surface area contributed by atoms with Gasteiger partial charge in [-0.05, 0) is 51.3 Å². The van der Waals surface area contributed by atoms with Crippen LogP contribution in [0.4, 0.5) is 0 Å². The van der Waals surface area contributed by atoms with Crippen molar-refractivity contribution >= 4 is 17.7 Å². The van der Waals surface area contributed by atoms with E-state index in [-0.39, 0.29) is 5.56 Å². The summed E-state index contributed by atoms with van der Waals surface area (Å²) in [5.74, 6) is 2.16. The number of aromatic nitrogens is 1. The van der Waals surface area contributed by atoms with Crippen LogP contribution in [-0.2, 0) is 6.54 Å². The third-order valence-corrected chi connectivity index (χ3v) is 5.76. The molecule has 2 rings (SSSR count). The monoisotopic (exact) mass is 350 g/mol. The number of hydrogen-bond donors (Lipinski definition) is 2. The normalized spacial score (nSPS) is 21.0. The van der Waals surface area contributed by atoms with E-state index in [0.717, 1.165) is 45.0 Å². The number of aliphatic imine (C=N–C) groups is 1. The summed E-state index contributed by atoms with van der Waals surface area (Å²) in [5, 5.41) is 6.72. The van der Waals surface area contributed by atoms with Crippen LogP contribution < -0.4 is 16.2 Å². The first-order chi connectivity index (χ1) is 11.6. The maximum atomic E-state index is 11.6. The first-order valence-electron chi connectivity index (χ1n) is 8.94. The predicted octanol–water partition coefficient (Wildman–Crippen LogP) is 2.47. The highest BCUT2D eigenvalue weighted by Crippen LogP contribution is 2.37. The third kappa shape index (κ3) is 6.23. The molecular weight excluding hydrogens is 320 g/mol. The maximum Gasteiger partial charge on any atom is 0.250 e. The van der Waals surface area contributed by atoms with Crippen molar-refractivity contribution in [3.05, 3.63) is 34.7 Å². The van der Waals surface area contributed by atoms with E-state index < -0.39 is 0 Å². The molecule has 1 saturated heterocycles. The highest BCUT2D eigenvalue weighted by molar-refractivity contribution is 8.00. The average molecular weight is 351 g/mol. The van der Waals surface area contributed by atoms with Gasteiger partial charge < -0.3 is 15.2 Å². The standard InChI is InChI=1S/C18H30N4OS/c1-3-19-17(21-15-18(2)10-8-14-24-18)20-11-5-7-13-22-12-6-4-9-16(22)23/h4,6,9,12H,3,5,7-8,10-11,13-15H2,1-2H3,(H2,19,20,21). The third-order valence-electron chi connectivity index (χ3n) is 4.23. The summed E-state index contributed by atoms with van der Waals surface area (Å²) in [5.41, 5.74) is 0.0719. The fourth-order valence-corrected chi connectivity index (χ4v) is 4.03. The number of thioether (sulfide) groups is 1. The molecule has 1 aliphatic heterocycles. The van der Waals surface area contributed by atoms with E-state index in [4.69, 9.17) is 4.99 Å². The summed E-state index contributed by atoms with van der Waals surface area (Å²) < 4.78 is 2.06. The largest absolute Gasteiger partial charge is 0.357 e. The van der Waals surface area contributed by atoms with E-state index in [1.54, 1.807) is 16.7 Å². The van der Waals surface area contributed by atoms with Gasteiger partial charge in [-0.2, -0.15) is 11.8 Å². The van der Waals surface area contributed by atoms with Crippen LogP contribution in [0.2, 0.25) is 0 Å². The Morgan fingerprint density at radius 1 is 1.38 bits per heavy atom. The molecule has 134 valence electrons. The Morgan fingerprint density at radius 3 is 2.96 bits per heavy atom. The van der Waals surface area contributed by atoms with Crippen LogP contribution in [0.25, 0.3) is 0 Å². The van der Waals surface area contributed by atoms with Gasteiger partial charge in [0.15, 0.2) is 5.96 Å². The first-order valence-corrected chi connectivity index (χ1v) is 9.93. The predicted molar refractivity (Wildman–Crippen MR) is 104 cm³/mol. The lowest BCUT2D eigenvalue weighted by atomic mass is 10.1. The summed E-state index contributed by atoms with van der Waals surface area (Å²) in [7, 11) is 0. The van der Waals surface area contributed by atoms with E-state index >= 15 is 0 Å². The second-order valence-corrected chi connectivity index (χ2v) is 8.15. The number of nitrogens with zero attached hydrogens (tertiary/aromatic N) is 2. The van der Waals surface area contributed by atoms with Gasteiger partial charge in [0.1, 0.15) is 0 Å². The maximum absolute atomic E-state index is 11.6. The summed E-state index contributed by atoms with van der Waals surface area (Å²) >= 11 is 2.04. The van der Waals surface area contributed by atoms with Crippen molar-refractivity contribution in [2.75, 3.05) is 25.4 Å². The molecule has 1 unspecified atom stereocenters. The number of unbranched alkanes of at least 4 members (excludes halogenated alkanes) is 1. The summed E-state index contributed by atoms with van der Waals surface area (Å²) in [6.07, 6.45) is 6.40. The number of aryl methyl sites for hydroxylation is 1. The second-order valence-electron chi connectivity index (χ2n) is 6.46. The number of guanidine groups is 1. The van der Waals surface area contributed by atoms with E-state index in [1.807, 2.05) is 24.0 Å². The molecule has 1 aromatic heterocycles. The van der Waals surface area contributed by atoms with Crippen LogP contribution in [0.3, 0.4) is 0 Å². The Labute approximate surface area is 149 Å². The average Bonchev–Trinajstić information content (AvgIpc) is 3.01. The van der Waals surface area contributed by atoms with Crippen LogP contribution in [0.1, 0.15) is 39.5 Å². The van der Waals surface area contributed by atoms with Gasteiger partial charge in [-0.25, -0.2) is 0 Å². The van der Waals surface area contributed by atoms with Gasteiger partial charge in [0.05, 0.1) is 6.54 Å². The van der Waals surface area contributed by atoms with Gasteiger partial charge in [-0.15, -0.1) is 0 Å². The quantitative estimate of drug-likeness (QED) is 0.430.